The van der Waals surface area contributed by atoms with E-state index in [0.717, 1.165) is 44.0 Å². The molecule has 1 aliphatic rings. The summed E-state index contributed by atoms with van der Waals surface area (Å²) in [6, 6.07) is 23.6. The summed E-state index contributed by atoms with van der Waals surface area (Å²) in [5.74, 6) is -0.872. The van der Waals surface area contributed by atoms with Crippen molar-refractivity contribution in [2.75, 3.05) is 25.1 Å². The van der Waals surface area contributed by atoms with E-state index in [9.17, 15) is 14.4 Å². The van der Waals surface area contributed by atoms with E-state index in [2.05, 4.69) is 45.3 Å². The molecule has 0 aliphatic carbocycles. The summed E-state index contributed by atoms with van der Waals surface area (Å²) < 4.78 is 21.9. The second-order valence-electron chi connectivity index (χ2n) is 9.66. The van der Waals surface area contributed by atoms with Crippen molar-refractivity contribution >= 4 is 57.4 Å². The van der Waals surface area contributed by atoms with Crippen molar-refractivity contribution < 1.29 is 13.9 Å². The average Bonchev–Trinajstić information content (AvgIpc) is 3.51. The first-order chi connectivity index (χ1) is 19.4. The number of benzene rings is 3. The fourth-order valence-electron chi connectivity index (χ4n) is 5.04. The van der Waals surface area contributed by atoms with Crippen LogP contribution in [-0.4, -0.2) is 30.1 Å². The van der Waals surface area contributed by atoms with E-state index >= 15 is 0 Å². The van der Waals surface area contributed by atoms with Crippen molar-refractivity contribution in [2.45, 2.75) is 11.8 Å². The van der Waals surface area contributed by atoms with Gasteiger partial charge in [0.2, 0.25) is 0 Å². The first kappa shape index (κ1) is 26.5. The van der Waals surface area contributed by atoms with E-state index in [0.29, 0.717) is 23.4 Å². The maximum absolute atomic E-state index is 15.0. The van der Waals surface area contributed by atoms with Gasteiger partial charge in [-0.3, -0.25) is 8.77 Å². The van der Waals surface area contributed by atoms with Gasteiger partial charge in [0.1, 0.15) is 16.8 Å². The molecular weight excluding hydrogens is 565 g/mol. The number of esters is 1. The molecule has 2 aromatic heterocycles. The van der Waals surface area contributed by atoms with Gasteiger partial charge in [0, 0.05) is 45.7 Å². The van der Waals surface area contributed by atoms with E-state index in [1.54, 1.807) is 6.07 Å². The number of methoxy groups -OCH3 is 1. The van der Waals surface area contributed by atoms with Gasteiger partial charge in [-0.05, 0) is 66.7 Å². The quantitative estimate of drug-likeness (QED) is 0.188. The summed E-state index contributed by atoms with van der Waals surface area (Å²) >= 11 is 9.20. The Balaban J connectivity index is 1.58. The molecule has 5 aromatic rings. The Kier molecular flexibility index (Phi) is 7.05. The number of nitrogens with zero attached hydrogens (tertiary/aromatic N) is 3. The molecule has 3 heterocycles. The van der Waals surface area contributed by atoms with Crippen molar-refractivity contribution in [1.82, 2.24) is 3.97 Å². The number of hydrogen-bond acceptors (Lipinski definition) is 6. The van der Waals surface area contributed by atoms with Crippen LogP contribution < -0.4 is 4.90 Å². The lowest BCUT2D eigenvalue weighted by Gasteiger charge is -2.39. The van der Waals surface area contributed by atoms with Gasteiger partial charge in [0.15, 0.2) is 0 Å². The summed E-state index contributed by atoms with van der Waals surface area (Å²) in [6.45, 7) is 3.19. The van der Waals surface area contributed by atoms with Gasteiger partial charge in [-0.25, -0.2) is 4.39 Å². The number of ether oxygens (including phenoxy) is 1. The van der Waals surface area contributed by atoms with Gasteiger partial charge >= 0.3 is 5.97 Å². The summed E-state index contributed by atoms with van der Waals surface area (Å²) in [7, 11) is 1.41. The molecule has 40 heavy (non-hydrogen) atoms. The van der Waals surface area contributed by atoms with Crippen LogP contribution in [0.1, 0.15) is 10.4 Å². The molecule has 5 nitrogen and oxygen atoms in total. The fraction of sp³-hybridized carbons (Fsp3) is 0.161. The Morgan fingerprint density at radius 2 is 1.93 bits per heavy atom. The van der Waals surface area contributed by atoms with Crippen LogP contribution in [0.4, 0.5) is 10.1 Å². The Morgan fingerprint density at radius 1 is 1.15 bits per heavy atom. The minimum Gasteiger partial charge on any atom is -0.469 e. The Hall–Kier alpha value is -3.77. The molecular formula is C31H23ClFN3O2S2. The molecule has 0 bridgehead atoms. The molecule has 0 atom stereocenters. The van der Waals surface area contributed by atoms with E-state index in [1.165, 1.54) is 36.5 Å². The lowest BCUT2D eigenvalue weighted by atomic mass is 9.96. The SMILES string of the molecule is COC(=O)C1CN(c2cccc(-c3c(-c4ccsc4C#N)c4cc(F)c(Cl)cc4n3Sc3ccc(C)cc3)c2)C1. The van der Waals surface area contributed by atoms with Crippen molar-refractivity contribution in [2.24, 2.45) is 5.92 Å². The third kappa shape index (κ3) is 4.64. The minimum atomic E-state index is -0.517. The van der Waals surface area contributed by atoms with Gasteiger partial charge in [0.25, 0.3) is 0 Å². The van der Waals surface area contributed by atoms with E-state index < -0.39 is 5.82 Å². The molecule has 6 rings (SSSR count). The van der Waals surface area contributed by atoms with Crippen molar-refractivity contribution in [3.05, 3.63) is 93.4 Å². The zero-order chi connectivity index (χ0) is 28.0. The molecule has 0 amide bonds. The van der Waals surface area contributed by atoms with Crippen molar-refractivity contribution in [3.8, 4) is 28.5 Å². The third-order valence-electron chi connectivity index (χ3n) is 7.12. The van der Waals surface area contributed by atoms with Crippen LogP contribution >= 0.6 is 34.9 Å². The zero-order valence-electron chi connectivity index (χ0n) is 21.7. The molecule has 1 aliphatic heterocycles. The Morgan fingerprint density at radius 3 is 2.65 bits per heavy atom. The van der Waals surface area contributed by atoms with Gasteiger partial charge in [0.05, 0.1) is 29.3 Å². The molecule has 0 unspecified atom stereocenters. The van der Waals surface area contributed by atoms with Crippen LogP contribution in [-0.2, 0) is 9.53 Å². The standard InChI is InChI=1S/C31H23ClFN3O2S2/c1-18-6-8-22(9-7-18)40-36-27-14-25(32)26(33)13-24(27)29(23-10-11-39-28(23)15-34)30(36)19-4-3-5-21(12-19)35-16-20(17-35)31(37)38-2/h3-14,20H,16-17H2,1-2H3. The highest BCUT2D eigenvalue weighted by molar-refractivity contribution is 7.98. The first-order valence-corrected chi connectivity index (χ1v) is 14.6. The number of thiophene rings is 1. The monoisotopic (exact) mass is 587 g/mol. The number of carbonyl (C=O) groups is 1. The predicted octanol–water partition coefficient (Wildman–Crippen LogP) is 8.17. The number of rotatable bonds is 6. The predicted molar refractivity (Wildman–Crippen MR) is 161 cm³/mol. The van der Waals surface area contributed by atoms with Gasteiger partial charge < -0.3 is 9.64 Å². The van der Waals surface area contributed by atoms with Crippen LogP contribution in [0.5, 0.6) is 0 Å². The highest BCUT2D eigenvalue weighted by Gasteiger charge is 2.34. The number of fused-ring (bicyclic) bond motifs is 1. The molecule has 200 valence electrons. The molecule has 1 fully saturated rings. The van der Waals surface area contributed by atoms with Crippen LogP contribution in [0.3, 0.4) is 0 Å². The minimum absolute atomic E-state index is 0.0304. The second-order valence-corrected chi connectivity index (χ2v) is 12.0. The first-order valence-electron chi connectivity index (χ1n) is 12.6. The number of halogens is 2. The molecule has 9 heteroatoms. The maximum Gasteiger partial charge on any atom is 0.312 e. The molecule has 0 radical (unpaired) electrons. The van der Waals surface area contributed by atoms with Crippen molar-refractivity contribution in [3.63, 3.8) is 0 Å². The fourth-order valence-corrected chi connectivity index (χ4v) is 6.89. The molecule has 3 aromatic carbocycles. The van der Waals surface area contributed by atoms with Crippen LogP contribution in [0.15, 0.2) is 77.0 Å². The van der Waals surface area contributed by atoms with E-state index in [1.807, 2.05) is 36.6 Å². The van der Waals surface area contributed by atoms with E-state index in [-0.39, 0.29) is 16.9 Å². The summed E-state index contributed by atoms with van der Waals surface area (Å²) in [5, 5.41) is 12.5. The van der Waals surface area contributed by atoms with Crippen LogP contribution in [0, 0.1) is 30.0 Å². The van der Waals surface area contributed by atoms with Crippen molar-refractivity contribution in [1.29, 1.82) is 5.26 Å². The number of nitriles is 1. The van der Waals surface area contributed by atoms with Gasteiger partial charge in [-0.15, -0.1) is 11.3 Å². The molecule has 0 spiro atoms. The maximum atomic E-state index is 15.0. The summed E-state index contributed by atoms with van der Waals surface area (Å²) in [6.07, 6.45) is 0. The van der Waals surface area contributed by atoms with Crippen LogP contribution in [0.2, 0.25) is 5.02 Å². The molecule has 0 saturated carbocycles. The summed E-state index contributed by atoms with van der Waals surface area (Å²) in [4.78, 5) is 15.7. The number of carbonyl (C=O) groups excluding carboxylic acids is 1. The molecule has 1 saturated heterocycles. The number of anilines is 1. The largest absolute Gasteiger partial charge is 0.469 e. The van der Waals surface area contributed by atoms with Gasteiger partial charge in [-0.1, -0.05) is 41.4 Å². The number of aromatic nitrogens is 1. The third-order valence-corrected chi connectivity index (χ3v) is 9.27. The Bertz CT molecular complexity index is 1800. The Labute approximate surface area is 244 Å². The average molecular weight is 588 g/mol. The normalized spacial score (nSPS) is 13.3. The zero-order valence-corrected chi connectivity index (χ0v) is 24.0. The van der Waals surface area contributed by atoms with Gasteiger partial charge in [-0.2, -0.15) is 5.26 Å². The molecule has 0 N–H and O–H groups in total. The smallest absolute Gasteiger partial charge is 0.312 e. The lowest BCUT2D eigenvalue weighted by Crippen LogP contribution is -2.50. The van der Waals surface area contributed by atoms with Crippen LogP contribution in [0.25, 0.3) is 33.3 Å². The second kappa shape index (κ2) is 10.7. The van der Waals surface area contributed by atoms with E-state index in [4.69, 9.17) is 16.3 Å². The summed E-state index contributed by atoms with van der Waals surface area (Å²) in [5.41, 5.74) is 6.12. The highest BCUT2D eigenvalue weighted by Crippen LogP contribution is 2.48. The highest BCUT2D eigenvalue weighted by atomic mass is 35.5. The topological polar surface area (TPSA) is 58.3 Å². The number of hydrogen-bond donors (Lipinski definition) is 0. The lowest BCUT2D eigenvalue weighted by molar-refractivity contribution is -0.146. The number of aryl methyl sites for hydroxylation is 1.